The SMILES string of the molecule is CC1CC2CC(C1)CC(C)(OC(=O)CC(F)(F)SO)C2. The molecule has 0 heterocycles. The van der Waals surface area contributed by atoms with Gasteiger partial charge in [-0.2, -0.15) is 8.78 Å². The van der Waals surface area contributed by atoms with Crippen LogP contribution >= 0.6 is 12.0 Å². The molecule has 2 rings (SSSR count). The molecule has 0 aromatic heterocycles. The zero-order valence-electron chi connectivity index (χ0n) is 11.9. The highest BCUT2D eigenvalue weighted by Gasteiger charge is 2.44. The lowest BCUT2D eigenvalue weighted by Gasteiger charge is -2.46. The molecule has 0 aromatic rings. The third-order valence-corrected chi connectivity index (χ3v) is 4.83. The Balaban J connectivity index is 1.93. The largest absolute Gasteiger partial charge is 0.459 e. The van der Waals surface area contributed by atoms with Crippen LogP contribution in [-0.2, 0) is 9.53 Å². The minimum absolute atomic E-state index is 0.531. The zero-order chi connectivity index (χ0) is 15.0. The molecule has 2 saturated carbocycles. The average molecular weight is 308 g/mol. The Morgan fingerprint density at radius 2 is 1.90 bits per heavy atom. The van der Waals surface area contributed by atoms with E-state index in [1.54, 1.807) is 0 Å². The predicted molar refractivity (Wildman–Crippen MR) is 73.5 cm³/mol. The van der Waals surface area contributed by atoms with Crippen LogP contribution in [0, 0.1) is 17.8 Å². The second-order valence-electron chi connectivity index (χ2n) is 6.78. The monoisotopic (exact) mass is 308 g/mol. The molecule has 2 bridgehead atoms. The molecule has 0 saturated heterocycles. The quantitative estimate of drug-likeness (QED) is 0.620. The fraction of sp³-hybridized carbons (Fsp3) is 0.929. The summed E-state index contributed by atoms with van der Waals surface area (Å²) >= 11 is -0.601. The number of carbonyl (C=O) groups excluding carboxylic acids is 1. The van der Waals surface area contributed by atoms with Crippen LogP contribution in [0.1, 0.15) is 52.4 Å². The summed E-state index contributed by atoms with van der Waals surface area (Å²) in [4.78, 5) is 11.6. The number of hydrogen-bond acceptors (Lipinski definition) is 4. The van der Waals surface area contributed by atoms with Gasteiger partial charge < -0.3 is 9.29 Å². The van der Waals surface area contributed by atoms with Crippen LogP contribution in [0.2, 0.25) is 0 Å². The summed E-state index contributed by atoms with van der Waals surface area (Å²) in [5.74, 6) is 0.840. The average Bonchev–Trinajstić information content (AvgIpc) is 2.24. The van der Waals surface area contributed by atoms with Crippen molar-refractivity contribution in [1.82, 2.24) is 0 Å². The van der Waals surface area contributed by atoms with E-state index in [1.165, 1.54) is 6.42 Å². The van der Waals surface area contributed by atoms with E-state index < -0.39 is 35.3 Å². The third kappa shape index (κ3) is 4.07. The van der Waals surface area contributed by atoms with Gasteiger partial charge in [-0.05, 0) is 56.8 Å². The van der Waals surface area contributed by atoms with Gasteiger partial charge in [0.1, 0.15) is 12.0 Å². The Morgan fingerprint density at radius 3 is 2.40 bits per heavy atom. The molecule has 0 radical (unpaired) electrons. The summed E-state index contributed by atoms with van der Waals surface area (Å²) < 4.78 is 39.7. The highest BCUT2D eigenvalue weighted by Crippen LogP contribution is 2.48. The van der Waals surface area contributed by atoms with Crippen LogP contribution in [0.25, 0.3) is 0 Å². The first kappa shape index (κ1) is 16.0. The molecule has 116 valence electrons. The molecular weight excluding hydrogens is 286 g/mol. The summed E-state index contributed by atoms with van der Waals surface area (Å²) in [5.41, 5.74) is -0.624. The van der Waals surface area contributed by atoms with Crippen molar-refractivity contribution in [3.63, 3.8) is 0 Å². The van der Waals surface area contributed by atoms with Crippen LogP contribution in [0.4, 0.5) is 8.78 Å². The highest BCUT2D eigenvalue weighted by atomic mass is 32.2. The van der Waals surface area contributed by atoms with E-state index in [1.807, 2.05) is 6.92 Å². The fourth-order valence-corrected chi connectivity index (χ4v) is 4.31. The number of rotatable bonds is 4. The highest BCUT2D eigenvalue weighted by molar-refractivity contribution is 7.94. The molecule has 2 aliphatic carbocycles. The second kappa shape index (κ2) is 5.79. The Bertz CT molecular complexity index is 357. The second-order valence-corrected chi connectivity index (χ2v) is 7.56. The Morgan fingerprint density at radius 1 is 1.35 bits per heavy atom. The zero-order valence-corrected chi connectivity index (χ0v) is 12.7. The van der Waals surface area contributed by atoms with Crippen molar-refractivity contribution in [2.75, 3.05) is 0 Å². The van der Waals surface area contributed by atoms with Crippen molar-refractivity contribution in [1.29, 1.82) is 0 Å². The van der Waals surface area contributed by atoms with Crippen LogP contribution < -0.4 is 0 Å². The number of hydrogen-bond donors (Lipinski definition) is 1. The van der Waals surface area contributed by atoms with E-state index in [4.69, 9.17) is 9.29 Å². The molecule has 6 heteroatoms. The van der Waals surface area contributed by atoms with E-state index in [0.29, 0.717) is 17.8 Å². The maximum absolute atomic E-state index is 13.0. The number of ether oxygens (including phenoxy) is 1. The van der Waals surface area contributed by atoms with Gasteiger partial charge in [0.25, 0.3) is 0 Å². The van der Waals surface area contributed by atoms with Gasteiger partial charge >= 0.3 is 11.2 Å². The minimum Gasteiger partial charge on any atom is -0.459 e. The van der Waals surface area contributed by atoms with Gasteiger partial charge in [0.2, 0.25) is 0 Å². The molecule has 2 atom stereocenters. The predicted octanol–water partition coefficient (Wildman–Crippen LogP) is 4.32. The molecule has 2 aliphatic rings. The van der Waals surface area contributed by atoms with Crippen molar-refractivity contribution in [2.24, 2.45) is 17.8 Å². The summed E-state index contributed by atoms with van der Waals surface area (Å²) in [6.07, 6.45) is 3.88. The standard InChI is InChI=1S/C14H22F2O3S/c1-9-3-10-5-11(4-9)7-13(2,6-10)19-12(17)8-14(15,16)20-18/h9-11,18H,3-8H2,1-2H3. The van der Waals surface area contributed by atoms with Gasteiger partial charge in [0, 0.05) is 0 Å². The minimum atomic E-state index is -3.47. The van der Waals surface area contributed by atoms with Crippen molar-refractivity contribution >= 4 is 18.0 Å². The maximum Gasteiger partial charge on any atom is 0.328 e. The Hall–Kier alpha value is -0.360. The summed E-state index contributed by atoms with van der Waals surface area (Å²) in [7, 11) is 0. The van der Waals surface area contributed by atoms with E-state index in [9.17, 15) is 13.6 Å². The Labute approximate surface area is 122 Å². The number of carbonyl (C=O) groups is 1. The van der Waals surface area contributed by atoms with Gasteiger partial charge in [-0.25, -0.2) is 0 Å². The number of alkyl halides is 2. The van der Waals surface area contributed by atoms with Crippen LogP contribution in [0.3, 0.4) is 0 Å². The molecule has 2 fully saturated rings. The molecule has 3 nitrogen and oxygen atoms in total. The summed E-state index contributed by atoms with van der Waals surface area (Å²) in [5, 5.41) is -3.47. The van der Waals surface area contributed by atoms with Crippen LogP contribution in [0.5, 0.6) is 0 Å². The van der Waals surface area contributed by atoms with Crippen LogP contribution in [-0.4, -0.2) is 21.4 Å². The molecular formula is C14H22F2O3S. The van der Waals surface area contributed by atoms with E-state index in [0.717, 1.165) is 25.7 Å². The van der Waals surface area contributed by atoms with E-state index >= 15 is 0 Å². The van der Waals surface area contributed by atoms with Crippen LogP contribution in [0.15, 0.2) is 0 Å². The first-order valence-electron chi connectivity index (χ1n) is 7.13. The lowest BCUT2D eigenvalue weighted by Crippen LogP contribution is -2.44. The van der Waals surface area contributed by atoms with Crippen molar-refractivity contribution < 1.29 is 22.9 Å². The lowest BCUT2D eigenvalue weighted by atomic mass is 9.64. The number of halogens is 2. The third-order valence-electron chi connectivity index (χ3n) is 4.42. The maximum atomic E-state index is 13.0. The molecule has 0 aliphatic heterocycles. The van der Waals surface area contributed by atoms with Gasteiger partial charge in [0.15, 0.2) is 0 Å². The number of fused-ring (bicyclic) bond motifs is 2. The lowest BCUT2D eigenvalue weighted by molar-refractivity contribution is -0.170. The van der Waals surface area contributed by atoms with E-state index in [-0.39, 0.29) is 0 Å². The fourth-order valence-electron chi connectivity index (χ4n) is 4.13. The smallest absolute Gasteiger partial charge is 0.328 e. The van der Waals surface area contributed by atoms with Crippen molar-refractivity contribution in [2.45, 2.75) is 63.2 Å². The van der Waals surface area contributed by atoms with Crippen molar-refractivity contribution in [3.05, 3.63) is 0 Å². The number of esters is 1. The molecule has 0 spiro atoms. The molecule has 1 N–H and O–H groups in total. The molecule has 20 heavy (non-hydrogen) atoms. The van der Waals surface area contributed by atoms with E-state index in [2.05, 4.69) is 6.92 Å². The van der Waals surface area contributed by atoms with Gasteiger partial charge in [-0.15, -0.1) is 0 Å². The topological polar surface area (TPSA) is 46.5 Å². The molecule has 0 aromatic carbocycles. The van der Waals surface area contributed by atoms with Gasteiger partial charge in [0.05, 0.1) is 12.0 Å². The first-order valence-corrected chi connectivity index (χ1v) is 7.91. The summed E-state index contributed by atoms with van der Waals surface area (Å²) in [6.45, 7) is 4.09. The van der Waals surface area contributed by atoms with Crippen molar-refractivity contribution in [3.8, 4) is 0 Å². The molecule has 2 unspecified atom stereocenters. The first-order chi connectivity index (χ1) is 9.21. The van der Waals surface area contributed by atoms with Gasteiger partial charge in [-0.1, -0.05) is 6.92 Å². The summed E-state index contributed by atoms with van der Waals surface area (Å²) in [6, 6.07) is 0. The Kier molecular flexibility index (Phi) is 4.64. The van der Waals surface area contributed by atoms with Gasteiger partial charge in [-0.3, -0.25) is 4.79 Å². The normalized spacial score (nSPS) is 37.5. The molecule has 0 amide bonds.